The second-order valence-electron chi connectivity index (χ2n) is 6.13. The highest BCUT2D eigenvalue weighted by Gasteiger charge is 2.33. The maximum absolute atomic E-state index is 12.4. The summed E-state index contributed by atoms with van der Waals surface area (Å²) in [6.45, 7) is 0.592. The van der Waals surface area contributed by atoms with Gasteiger partial charge in [-0.05, 0) is 30.9 Å². The molecule has 0 bridgehead atoms. The highest BCUT2D eigenvalue weighted by atomic mass is 16.1. The van der Waals surface area contributed by atoms with Crippen molar-refractivity contribution in [2.24, 2.45) is 11.1 Å². The highest BCUT2D eigenvalue weighted by Crippen LogP contribution is 2.38. The van der Waals surface area contributed by atoms with Crippen LogP contribution in [0.2, 0.25) is 0 Å². The number of hydrogen-bond donors (Lipinski definition) is 3. The number of nitrogens with zero attached hydrogens (tertiary/aromatic N) is 1. The third-order valence-corrected chi connectivity index (χ3v) is 4.63. The van der Waals surface area contributed by atoms with Crippen molar-refractivity contribution in [1.29, 1.82) is 0 Å². The van der Waals surface area contributed by atoms with Crippen molar-refractivity contribution in [1.82, 2.24) is 10.2 Å². The SMILES string of the molecule is NCC1(CC(=O)Nc2cccc3cn[nH]c23)CCCCC1. The van der Waals surface area contributed by atoms with Crippen LogP contribution >= 0.6 is 0 Å². The number of amides is 1. The zero-order valence-electron chi connectivity index (χ0n) is 12.2. The zero-order valence-corrected chi connectivity index (χ0v) is 12.2. The van der Waals surface area contributed by atoms with Gasteiger partial charge in [0.2, 0.25) is 5.91 Å². The lowest BCUT2D eigenvalue weighted by Crippen LogP contribution is -2.36. The Hall–Kier alpha value is -1.88. The number of hydrogen-bond acceptors (Lipinski definition) is 3. The number of nitrogens with two attached hydrogens (primary N) is 1. The number of aromatic amines is 1. The van der Waals surface area contributed by atoms with Crippen molar-refractivity contribution in [2.75, 3.05) is 11.9 Å². The smallest absolute Gasteiger partial charge is 0.225 e. The number of para-hydroxylation sites is 1. The topological polar surface area (TPSA) is 83.8 Å². The van der Waals surface area contributed by atoms with Gasteiger partial charge in [-0.25, -0.2) is 0 Å². The lowest BCUT2D eigenvalue weighted by Gasteiger charge is -2.35. The standard InChI is InChI=1S/C16H22N4O/c17-11-16(7-2-1-3-8-16)9-14(21)19-13-6-4-5-12-10-18-20-15(12)13/h4-6,10H,1-3,7-9,11,17H2,(H,18,20)(H,19,21). The fourth-order valence-electron chi connectivity index (χ4n) is 3.36. The summed E-state index contributed by atoms with van der Waals surface area (Å²) < 4.78 is 0. The van der Waals surface area contributed by atoms with Crippen LogP contribution in [0.4, 0.5) is 5.69 Å². The Morgan fingerprint density at radius 3 is 2.90 bits per heavy atom. The van der Waals surface area contributed by atoms with Crippen LogP contribution in [0.1, 0.15) is 38.5 Å². The van der Waals surface area contributed by atoms with Gasteiger partial charge in [0.1, 0.15) is 0 Å². The molecule has 1 aliphatic carbocycles. The molecule has 1 fully saturated rings. The molecule has 21 heavy (non-hydrogen) atoms. The van der Waals surface area contributed by atoms with Gasteiger partial charge in [-0.2, -0.15) is 5.10 Å². The summed E-state index contributed by atoms with van der Waals surface area (Å²) in [7, 11) is 0. The molecule has 1 aromatic heterocycles. The van der Waals surface area contributed by atoms with E-state index in [4.69, 9.17) is 5.73 Å². The first kappa shape index (κ1) is 14.1. The van der Waals surface area contributed by atoms with Crippen molar-refractivity contribution in [3.05, 3.63) is 24.4 Å². The Morgan fingerprint density at radius 1 is 1.33 bits per heavy atom. The average molecular weight is 286 g/mol. The molecular weight excluding hydrogens is 264 g/mol. The van der Waals surface area contributed by atoms with Crippen molar-refractivity contribution < 1.29 is 4.79 Å². The predicted molar refractivity (Wildman–Crippen MR) is 83.9 cm³/mol. The van der Waals surface area contributed by atoms with Crippen LogP contribution in [0.25, 0.3) is 10.9 Å². The summed E-state index contributed by atoms with van der Waals surface area (Å²) in [4.78, 5) is 12.4. The number of carbonyl (C=O) groups is 1. The number of benzene rings is 1. The average Bonchev–Trinajstić information content (AvgIpc) is 2.98. The van der Waals surface area contributed by atoms with Gasteiger partial charge in [-0.1, -0.05) is 31.4 Å². The van der Waals surface area contributed by atoms with E-state index in [1.165, 1.54) is 19.3 Å². The van der Waals surface area contributed by atoms with Gasteiger partial charge >= 0.3 is 0 Å². The normalized spacial score (nSPS) is 17.8. The molecule has 3 rings (SSSR count). The van der Waals surface area contributed by atoms with Gasteiger partial charge in [-0.3, -0.25) is 9.89 Å². The van der Waals surface area contributed by atoms with E-state index in [1.54, 1.807) is 6.20 Å². The molecule has 0 radical (unpaired) electrons. The maximum Gasteiger partial charge on any atom is 0.225 e. The molecule has 1 aliphatic rings. The molecular formula is C16H22N4O. The maximum atomic E-state index is 12.4. The highest BCUT2D eigenvalue weighted by molar-refractivity contribution is 6.00. The number of H-pyrrole nitrogens is 1. The molecule has 1 aromatic carbocycles. The molecule has 4 N–H and O–H groups in total. The van der Waals surface area contributed by atoms with E-state index in [1.807, 2.05) is 18.2 Å². The first-order valence-corrected chi connectivity index (χ1v) is 7.64. The van der Waals surface area contributed by atoms with E-state index in [-0.39, 0.29) is 11.3 Å². The van der Waals surface area contributed by atoms with Gasteiger partial charge < -0.3 is 11.1 Å². The quantitative estimate of drug-likeness (QED) is 0.808. The minimum absolute atomic E-state index is 0.00971. The first-order valence-electron chi connectivity index (χ1n) is 7.64. The van der Waals surface area contributed by atoms with Gasteiger partial charge in [0.15, 0.2) is 0 Å². The predicted octanol–water partition coefficient (Wildman–Crippen LogP) is 2.80. The Kier molecular flexibility index (Phi) is 3.92. The molecule has 5 heteroatoms. The van der Waals surface area contributed by atoms with E-state index < -0.39 is 0 Å². The molecule has 112 valence electrons. The van der Waals surface area contributed by atoms with Gasteiger partial charge in [0.25, 0.3) is 0 Å². The molecule has 1 amide bonds. The van der Waals surface area contributed by atoms with Gasteiger partial charge in [0, 0.05) is 11.8 Å². The van der Waals surface area contributed by atoms with Crippen LogP contribution in [0, 0.1) is 5.41 Å². The molecule has 0 aliphatic heterocycles. The van der Waals surface area contributed by atoms with E-state index in [0.29, 0.717) is 13.0 Å². The van der Waals surface area contributed by atoms with Crippen LogP contribution in [-0.4, -0.2) is 22.6 Å². The second-order valence-corrected chi connectivity index (χ2v) is 6.13. The van der Waals surface area contributed by atoms with E-state index in [9.17, 15) is 4.79 Å². The van der Waals surface area contributed by atoms with Crippen LogP contribution in [0.15, 0.2) is 24.4 Å². The molecule has 0 spiro atoms. The number of aromatic nitrogens is 2. The summed E-state index contributed by atoms with van der Waals surface area (Å²) >= 11 is 0. The summed E-state index contributed by atoms with van der Waals surface area (Å²) in [6.07, 6.45) is 8.01. The Morgan fingerprint density at radius 2 is 2.14 bits per heavy atom. The van der Waals surface area contributed by atoms with Crippen LogP contribution in [0.5, 0.6) is 0 Å². The first-order chi connectivity index (χ1) is 10.2. The lowest BCUT2D eigenvalue weighted by molar-refractivity contribution is -0.118. The second kappa shape index (κ2) is 5.85. The number of fused-ring (bicyclic) bond motifs is 1. The van der Waals surface area contributed by atoms with Crippen molar-refractivity contribution in [2.45, 2.75) is 38.5 Å². The van der Waals surface area contributed by atoms with Crippen molar-refractivity contribution >= 4 is 22.5 Å². The lowest BCUT2D eigenvalue weighted by atomic mass is 9.71. The summed E-state index contributed by atoms with van der Waals surface area (Å²) in [5, 5.41) is 11.0. The molecule has 5 nitrogen and oxygen atoms in total. The monoisotopic (exact) mass is 286 g/mol. The largest absolute Gasteiger partial charge is 0.330 e. The molecule has 1 heterocycles. The number of carbonyl (C=O) groups excluding carboxylic acids is 1. The summed E-state index contributed by atoms with van der Waals surface area (Å²) in [6, 6.07) is 5.79. The molecule has 0 unspecified atom stereocenters. The Balaban J connectivity index is 1.72. The third kappa shape index (κ3) is 2.93. The molecule has 0 saturated heterocycles. The van der Waals surface area contributed by atoms with Crippen LogP contribution < -0.4 is 11.1 Å². The molecule has 1 saturated carbocycles. The number of rotatable bonds is 4. The minimum atomic E-state index is -0.00971. The number of nitrogens with one attached hydrogen (secondary N) is 2. The van der Waals surface area contributed by atoms with E-state index >= 15 is 0 Å². The van der Waals surface area contributed by atoms with Crippen LogP contribution in [0.3, 0.4) is 0 Å². The van der Waals surface area contributed by atoms with Gasteiger partial charge in [0.05, 0.1) is 17.4 Å². The van der Waals surface area contributed by atoms with Crippen molar-refractivity contribution in [3.8, 4) is 0 Å². The summed E-state index contributed by atoms with van der Waals surface area (Å²) in [5.74, 6) is 0.0458. The van der Waals surface area contributed by atoms with Crippen LogP contribution in [-0.2, 0) is 4.79 Å². The van der Waals surface area contributed by atoms with Gasteiger partial charge in [-0.15, -0.1) is 0 Å². The summed E-state index contributed by atoms with van der Waals surface area (Å²) in [5.41, 5.74) is 7.61. The van der Waals surface area contributed by atoms with E-state index in [0.717, 1.165) is 29.4 Å². The zero-order chi connectivity index (χ0) is 14.7. The Bertz CT molecular complexity index is 628. The number of anilines is 1. The third-order valence-electron chi connectivity index (χ3n) is 4.63. The Labute approximate surface area is 124 Å². The van der Waals surface area contributed by atoms with E-state index in [2.05, 4.69) is 15.5 Å². The fraction of sp³-hybridized carbons (Fsp3) is 0.500. The van der Waals surface area contributed by atoms with Crippen molar-refractivity contribution in [3.63, 3.8) is 0 Å². The minimum Gasteiger partial charge on any atom is -0.330 e. The molecule has 0 atom stereocenters. The molecule has 2 aromatic rings. The fourth-order valence-corrected chi connectivity index (χ4v) is 3.36.